The molecule has 0 bridgehead atoms. The number of hydrogen-bond donors (Lipinski definition) is 0. The summed E-state index contributed by atoms with van der Waals surface area (Å²) in [5.41, 5.74) is 0.517. The average Bonchev–Trinajstić information content (AvgIpc) is 2.29. The lowest BCUT2D eigenvalue weighted by Crippen LogP contribution is -2.20. The summed E-state index contributed by atoms with van der Waals surface area (Å²) in [5, 5.41) is 0.304. The SMILES string of the molecule is O=c1c(Br)cc(Br)cn1Cc1ccc(F)cc1Cl. The minimum Gasteiger partial charge on any atom is -0.309 e. The first kappa shape index (κ1) is 13.8. The van der Waals surface area contributed by atoms with E-state index in [1.807, 2.05) is 0 Å². The van der Waals surface area contributed by atoms with Gasteiger partial charge >= 0.3 is 0 Å². The molecule has 0 saturated carbocycles. The lowest BCUT2D eigenvalue weighted by molar-refractivity contribution is 0.626. The van der Waals surface area contributed by atoms with Gasteiger partial charge in [-0.25, -0.2) is 4.39 Å². The number of halogens is 4. The molecule has 0 spiro atoms. The van der Waals surface area contributed by atoms with Gasteiger partial charge in [-0.15, -0.1) is 0 Å². The Bertz CT molecular complexity index is 657. The van der Waals surface area contributed by atoms with Crippen LogP contribution in [0.3, 0.4) is 0 Å². The molecule has 0 unspecified atom stereocenters. The fourth-order valence-corrected chi connectivity index (χ4v) is 3.00. The number of benzene rings is 1. The molecule has 0 aliphatic rings. The Morgan fingerprint density at radius 3 is 2.67 bits per heavy atom. The van der Waals surface area contributed by atoms with Gasteiger partial charge in [0.1, 0.15) is 5.82 Å². The topological polar surface area (TPSA) is 22.0 Å². The summed E-state index contributed by atoms with van der Waals surface area (Å²) in [4.78, 5) is 11.9. The Hall–Kier alpha value is -0.650. The molecule has 1 heterocycles. The number of aromatic nitrogens is 1. The van der Waals surface area contributed by atoms with Crippen LogP contribution in [0, 0.1) is 5.82 Å². The summed E-state index contributed by atoms with van der Waals surface area (Å²) in [6, 6.07) is 5.79. The van der Waals surface area contributed by atoms with E-state index in [4.69, 9.17) is 11.6 Å². The van der Waals surface area contributed by atoms with Gasteiger partial charge in [0.15, 0.2) is 0 Å². The van der Waals surface area contributed by atoms with Crippen molar-refractivity contribution in [1.82, 2.24) is 4.57 Å². The van der Waals surface area contributed by atoms with Crippen molar-refractivity contribution in [1.29, 1.82) is 0 Å². The molecule has 18 heavy (non-hydrogen) atoms. The highest BCUT2D eigenvalue weighted by atomic mass is 79.9. The third kappa shape index (κ3) is 3.02. The lowest BCUT2D eigenvalue weighted by atomic mass is 10.2. The largest absolute Gasteiger partial charge is 0.309 e. The summed E-state index contributed by atoms with van der Waals surface area (Å²) in [6.45, 7) is 0.288. The van der Waals surface area contributed by atoms with Gasteiger partial charge in [-0.05, 0) is 55.6 Å². The van der Waals surface area contributed by atoms with Crippen LogP contribution in [-0.4, -0.2) is 4.57 Å². The smallest absolute Gasteiger partial charge is 0.265 e. The van der Waals surface area contributed by atoms with Gasteiger partial charge in [-0.3, -0.25) is 4.79 Å². The van der Waals surface area contributed by atoms with E-state index in [-0.39, 0.29) is 12.1 Å². The fourth-order valence-electron chi connectivity index (χ4n) is 1.52. The maximum Gasteiger partial charge on any atom is 0.265 e. The molecule has 2 nitrogen and oxygen atoms in total. The maximum atomic E-state index is 12.9. The van der Waals surface area contributed by atoms with E-state index in [1.54, 1.807) is 18.3 Å². The molecule has 6 heteroatoms. The molecule has 0 aliphatic carbocycles. The first-order valence-electron chi connectivity index (χ1n) is 4.97. The third-order valence-electron chi connectivity index (χ3n) is 2.36. The van der Waals surface area contributed by atoms with Crippen LogP contribution in [0.2, 0.25) is 5.02 Å². The van der Waals surface area contributed by atoms with Crippen molar-refractivity contribution in [3.05, 3.63) is 66.2 Å². The normalized spacial score (nSPS) is 10.7. The molecular formula is C12H7Br2ClFNO. The number of pyridine rings is 1. The van der Waals surface area contributed by atoms with Crippen molar-refractivity contribution in [3.63, 3.8) is 0 Å². The molecule has 0 N–H and O–H groups in total. The average molecular weight is 395 g/mol. The van der Waals surface area contributed by atoms with Crippen LogP contribution in [0.5, 0.6) is 0 Å². The van der Waals surface area contributed by atoms with E-state index in [2.05, 4.69) is 31.9 Å². The van der Waals surface area contributed by atoms with Crippen LogP contribution in [0.15, 0.2) is 44.2 Å². The molecule has 0 atom stereocenters. The summed E-state index contributed by atoms with van der Waals surface area (Å²) in [7, 11) is 0. The zero-order chi connectivity index (χ0) is 13.3. The molecule has 0 aliphatic heterocycles. The summed E-state index contributed by atoms with van der Waals surface area (Å²) in [6.07, 6.45) is 1.66. The second-order valence-corrected chi connectivity index (χ2v) is 5.85. The summed E-state index contributed by atoms with van der Waals surface area (Å²) < 4.78 is 15.6. The molecule has 0 saturated heterocycles. The van der Waals surface area contributed by atoms with Crippen molar-refractivity contribution in [3.8, 4) is 0 Å². The van der Waals surface area contributed by atoms with Crippen LogP contribution in [0.1, 0.15) is 5.56 Å². The van der Waals surface area contributed by atoms with Gasteiger partial charge in [-0.1, -0.05) is 17.7 Å². The predicted molar refractivity (Wildman–Crippen MR) is 76.6 cm³/mol. The standard InChI is InChI=1S/C12H7Br2ClFNO/c13-8-3-10(14)12(18)17(6-8)5-7-1-2-9(16)4-11(7)15/h1-4,6H,5H2. The van der Waals surface area contributed by atoms with Gasteiger partial charge in [-0.2, -0.15) is 0 Å². The predicted octanol–water partition coefficient (Wildman–Crippen LogP) is 4.21. The van der Waals surface area contributed by atoms with E-state index in [9.17, 15) is 9.18 Å². The van der Waals surface area contributed by atoms with Gasteiger partial charge in [0.2, 0.25) is 0 Å². The Balaban J connectivity index is 2.43. The van der Waals surface area contributed by atoms with E-state index in [1.165, 1.54) is 16.7 Å². The van der Waals surface area contributed by atoms with Crippen molar-refractivity contribution in [2.75, 3.05) is 0 Å². The van der Waals surface area contributed by atoms with E-state index >= 15 is 0 Å². The second-order valence-electron chi connectivity index (χ2n) is 3.68. The molecule has 1 aromatic heterocycles. The van der Waals surface area contributed by atoms with Crippen molar-refractivity contribution in [2.45, 2.75) is 6.54 Å². The highest BCUT2D eigenvalue weighted by Crippen LogP contribution is 2.19. The zero-order valence-corrected chi connectivity index (χ0v) is 12.9. The Morgan fingerprint density at radius 2 is 2.00 bits per heavy atom. The molecule has 1 aromatic carbocycles. The summed E-state index contributed by atoms with van der Waals surface area (Å²) in [5.74, 6) is -0.397. The van der Waals surface area contributed by atoms with Crippen LogP contribution in [0.4, 0.5) is 4.39 Å². The number of rotatable bonds is 2. The lowest BCUT2D eigenvalue weighted by Gasteiger charge is -2.09. The fraction of sp³-hybridized carbons (Fsp3) is 0.0833. The second kappa shape index (κ2) is 5.55. The molecule has 0 amide bonds. The molecule has 0 fully saturated rings. The highest BCUT2D eigenvalue weighted by molar-refractivity contribution is 9.11. The van der Waals surface area contributed by atoms with E-state index in [0.29, 0.717) is 15.1 Å². The summed E-state index contributed by atoms with van der Waals surface area (Å²) >= 11 is 12.4. The van der Waals surface area contributed by atoms with Gasteiger partial charge < -0.3 is 4.57 Å². The minimum atomic E-state index is -0.397. The van der Waals surface area contributed by atoms with Crippen LogP contribution >= 0.6 is 43.5 Å². The molecular weight excluding hydrogens is 388 g/mol. The Labute approximate surface area is 125 Å². The van der Waals surface area contributed by atoms with Crippen LogP contribution < -0.4 is 5.56 Å². The number of hydrogen-bond acceptors (Lipinski definition) is 1. The number of nitrogens with zero attached hydrogens (tertiary/aromatic N) is 1. The monoisotopic (exact) mass is 393 g/mol. The molecule has 2 aromatic rings. The van der Waals surface area contributed by atoms with Crippen LogP contribution in [0.25, 0.3) is 0 Å². The highest BCUT2D eigenvalue weighted by Gasteiger charge is 2.07. The first-order chi connectivity index (χ1) is 8.47. The van der Waals surface area contributed by atoms with Crippen LogP contribution in [-0.2, 0) is 6.54 Å². The Morgan fingerprint density at radius 1 is 1.28 bits per heavy atom. The quantitative estimate of drug-likeness (QED) is 0.747. The third-order valence-corrected chi connectivity index (χ3v) is 3.72. The zero-order valence-electron chi connectivity index (χ0n) is 8.96. The molecule has 2 rings (SSSR count). The van der Waals surface area contributed by atoms with E-state index in [0.717, 1.165) is 4.47 Å². The van der Waals surface area contributed by atoms with Gasteiger partial charge in [0.25, 0.3) is 5.56 Å². The minimum absolute atomic E-state index is 0.168. The molecule has 0 radical (unpaired) electrons. The van der Waals surface area contributed by atoms with Crippen molar-refractivity contribution in [2.24, 2.45) is 0 Å². The molecule has 94 valence electrons. The first-order valence-corrected chi connectivity index (χ1v) is 6.93. The Kier molecular flexibility index (Phi) is 4.25. The maximum absolute atomic E-state index is 12.9. The van der Waals surface area contributed by atoms with E-state index < -0.39 is 5.82 Å². The van der Waals surface area contributed by atoms with Gasteiger partial charge in [0, 0.05) is 15.7 Å². The van der Waals surface area contributed by atoms with Crippen molar-refractivity contribution < 1.29 is 4.39 Å². The van der Waals surface area contributed by atoms with Gasteiger partial charge in [0.05, 0.1) is 11.0 Å². The van der Waals surface area contributed by atoms with Crippen molar-refractivity contribution >= 4 is 43.5 Å².